The van der Waals surface area contributed by atoms with Gasteiger partial charge in [0.15, 0.2) is 0 Å². The molecular formula is C28H22BrN3O3. The first kappa shape index (κ1) is 22.8. The molecule has 0 saturated carbocycles. The molecule has 1 aliphatic heterocycles. The lowest BCUT2D eigenvalue weighted by molar-refractivity contribution is -0.122. The number of imide groups is 2. The van der Waals surface area contributed by atoms with E-state index < -0.39 is 17.8 Å². The van der Waals surface area contributed by atoms with Crippen molar-refractivity contribution < 1.29 is 14.4 Å². The first-order valence-corrected chi connectivity index (χ1v) is 11.9. The molecule has 0 spiro atoms. The smallest absolute Gasteiger partial charge is 0.335 e. The van der Waals surface area contributed by atoms with Gasteiger partial charge >= 0.3 is 6.03 Å². The van der Waals surface area contributed by atoms with Gasteiger partial charge in [-0.3, -0.25) is 14.9 Å². The van der Waals surface area contributed by atoms with E-state index in [0.717, 1.165) is 42.7 Å². The van der Waals surface area contributed by atoms with Gasteiger partial charge in [0.25, 0.3) is 11.8 Å². The maximum absolute atomic E-state index is 13.4. The normalized spacial score (nSPS) is 15.2. The fourth-order valence-corrected chi connectivity index (χ4v) is 4.61. The molecule has 4 amide bonds. The van der Waals surface area contributed by atoms with Crippen LogP contribution in [0.3, 0.4) is 0 Å². The third-order valence-electron chi connectivity index (χ3n) is 6.22. The molecule has 0 atom stereocenters. The second-order valence-electron chi connectivity index (χ2n) is 8.52. The summed E-state index contributed by atoms with van der Waals surface area (Å²) < 4.78 is 3.18. The Morgan fingerprint density at radius 1 is 0.886 bits per heavy atom. The zero-order chi connectivity index (χ0) is 24.7. The number of carbonyl (C=O) groups excluding carboxylic acids is 3. The number of nitrogens with zero attached hydrogens (tertiary/aromatic N) is 2. The van der Waals surface area contributed by atoms with Crippen LogP contribution in [0.15, 0.2) is 82.8 Å². The first-order chi connectivity index (χ1) is 16.8. The number of rotatable bonds is 4. The topological polar surface area (TPSA) is 71.4 Å². The summed E-state index contributed by atoms with van der Waals surface area (Å²) in [6, 6.07) is 22.3. The van der Waals surface area contributed by atoms with Crippen LogP contribution in [0.1, 0.15) is 22.4 Å². The van der Waals surface area contributed by atoms with Gasteiger partial charge in [-0.15, -0.1) is 0 Å². The maximum Gasteiger partial charge on any atom is 0.335 e. The molecular weight excluding hydrogens is 506 g/mol. The van der Waals surface area contributed by atoms with E-state index in [0.29, 0.717) is 12.2 Å². The van der Waals surface area contributed by atoms with Crippen molar-refractivity contribution in [2.24, 2.45) is 0 Å². The van der Waals surface area contributed by atoms with Crippen LogP contribution in [-0.4, -0.2) is 22.4 Å². The number of carbonyl (C=O) groups is 3. The molecule has 1 fully saturated rings. The molecule has 0 bridgehead atoms. The number of hydrogen-bond donors (Lipinski definition) is 1. The van der Waals surface area contributed by atoms with Crippen LogP contribution in [0.5, 0.6) is 0 Å². The van der Waals surface area contributed by atoms with Crippen molar-refractivity contribution in [2.45, 2.75) is 20.4 Å². The Balaban J connectivity index is 1.60. The molecule has 3 aromatic carbocycles. The number of nitrogens with one attached hydrogen (secondary N) is 1. The molecule has 0 aliphatic carbocycles. The van der Waals surface area contributed by atoms with Gasteiger partial charge in [-0.25, -0.2) is 9.69 Å². The number of amides is 4. The van der Waals surface area contributed by atoms with E-state index in [1.54, 1.807) is 18.2 Å². The molecule has 4 aromatic rings. The Hall–Kier alpha value is -3.97. The zero-order valence-electron chi connectivity index (χ0n) is 19.2. The van der Waals surface area contributed by atoms with Gasteiger partial charge in [0.1, 0.15) is 5.57 Å². The summed E-state index contributed by atoms with van der Waals surface area (Å²) in [6.45, 7) is 4.53. The molecule has 5 rings (SSSR count). The van der Waals surface area contributed by atoms with Gasteiger partial charge in [0, 0.05) is 33.2 Å². The fourth-order valence-electron chi connectivity index (χ4n) is 4.35. The van der Waals surface area contributed by atoms with Crippen molar-refractivity contribution >= 4 is 56.4 Å². The highest BCUT2D eigenvalue weighted by atomic mass is 79.9. The van der Waals surface area contributed by atoms with Gasteiger partial charge in [0.2, 0.25) is 0 Å². The van der Waals surface area contributed by atoms with Crippen LogP contribution < -0.4 is 10.2 Å². The lowest BCUT2D eigenvalue weighted by Crippen LogP contribution is -2.54. The number of benzene rings is 3. The molecule has 1 aliphatic rings. The second-order valence-corrected chi connectivity index (χ2v) is 9.44. The lowest BCUT2D eigenvalue weighted by Gasteiger charge is -2.26. The average Bonchev–Trinajstić information content (AvgIpc) is 3.10. The highest BCUT2D eigenvalue weighted by molar-refractivity contribution is 9.10. The summed E-state index contributed by atoms with van der Waals surface area (Å²) in [5.41, 5.74) is 5.13. The molecule has 0 radical (unpaired) electrons. The van der Waals surface area contributed by atoms with Gasteiger partial charge in [-0.05, 0) is 55.8 Å². The van der Waals surface area contributed by atoms with Gasteiger partial charge in [-0.1, -0.05) is 64.0 Å². The predicted molar refractivity (Wildman–Crippen MR) is 140 cm³/mol. The van der Waals surface area contributed by atoms with E-state index >= 15 is 0 Å². The average molecular weight is 528 g/mol. The highest BCUT2D eigenvalue weighted by Gasteiger charge is 2.37. The van der Waals surface area contributed by atoms with Crippen molar-refractivity contribution in [3.8, 4) is 0 Å². The molecule has 35 heavy (non-hydrogen) atoms. The maximum atomic E-state index is 13.4. The van der Waals surface area contributed by atoms with Crippen molar-refractivity contribution in [1.29, 1.82) is 0 Å². The van der Waals surface area contributed by atoms with Crippen molar-refractivity contribution in [1.82, 2.24) is 9.88 Å². The van der Waals surface area contributed by atoms with Crippen molar-refractivity contribution in [3.05, 3.63) is 105 Å². The summed E-state index contributed by atoms with van der Waals surface area (Å²) >= 11 is 3.47. The number of aryl methyl sites for hydroxylation is 1. The monoisotopic (exact) mass is 527 g/mol. The molecule has 0 unspecified atom stereocenters. The summed E-state index contributed by atoms with van der Waals surface area (Å²) in [5.74, 6) is -1.35. The quantitative estimate of drug-likeness (QED) is 0.272. The number of fused-ring (bicyclic) bond motifs is 1. The third-order valence-corrected chi connectivity index (χ3v) is 6.74. The number of barbiturate groups is 1. The molecule has 2 heterocycles. The number of anilines is 1. The number of halogens is 1. The Morgan fingerprint density at radius 2 is 1.57 bits per heavy atom. The number of urea groups is 1. The Morgan fingerprint density at radius 3 is 2.29 bits per heavy atom. The molecule has 7 heteroatoms. The van der Waals surface area contributed by atoms with E-state index in [1.165, 1.54) is 0 Å². The summed E-state index contributed by atoms with van der Waals surface area (Å²) in [7, 11) is 0. The van der Waals surface area contributed by atoms with E-state index in [4.69, 9.17) is 0 Å². The van der Waals surface area contributed by atoms with E-state index in [2.05, 4.69) is 37.9 Å². The van der Waals surface area contributed by atoms with E-state index in [1.807, 2.05) is 62.4 Å². The highest BCUT2D eigenvalue weighted by Crippen LogP contribution is 2.30. The van der Waals surface area contributed by atoms with Gasteiger partial charge in [0.05, 0.1) is 5.69 Å². The van der Waals surface area contributed by atoms with Crippen LogP contribution in [0, 0.1) is 13.8 Å². The van der Waals surface area contributed by atoms with Crippen molar-refractivity contribution in [3.63, 3.8) is 0 Å². The van der Waals surface area contributed by atoms with Crippen molar-refractivity contribution in [2.75, 3.05) is 4.90 Å². The van der Waals surface area contributed by atoms with Gasteiger partial charge < -0.3 is 4.57 Å². The SMILES string of the molecule is Cc1ccc(N2C(=O)NC(=O)/C(=C/c3c(C)n(Cc4ccc(Br)cc4)c4ccccc34)C2=O)cc1. The van der Waals surface area contributed by atoms with Crippen LogP contribution in [-0.2, 0) is 16.1 Å². The summed E-state index contributed by atoms with van der Waals surface area (Å²) in [5, 5.41) is 3.24. The molecule has 6 nitrogen and oxygen atoms in total. The van der Waals surface area contributed by atoms with E-state index in [-0.39, 0.29) is 5.57 Å². The molecule has 1 aromatic heterocycles. The largest absolute Gasteiger partial charge is 0.340 e. The Kier molecular flexibility index (Phi) is 5.86. The Bertz CT molecular complexity index is 1520. The van der Waals surface area contributed by atoms with Crippen LogP contribution >= 0.6 is 15.9 Å². The minimum Gasteiger partial charge on any atom is -0.340 e. The minimum atomic E-state index is -0.754. The summed E-state index contributed by atoms with van der Waals surface area (Å²) in [4.78, 5) is 39.7. The molecule has 1 N–H and O–H groups in total. The number of hydrogen-bond acceptors (Lipinski definition) is 3. The lowest BCUT2D eigenvalue weighted by atomic mass is 10.0. The zero-order valence-corrected chi connectivity index (χ0v) is 20.8. The second kappa shape index (κ2) is 9.00. The third kappa shape index (κ3) is 4.19. The van der Waals surface area contributed by atoms with Crippen LogP contribution in [0.4, 0.5) is 10.5 Å². The fraction of sp³-hybridized carbons (Fsp3) is 0.107. The van der Waals surface area contributed by atoms with Gasteiger partial charge in [-0.2, -0.15) is 0 Å². The minimum absolute atomic E-state index is 0.0835. The number of para-hydroxylation sites is 1. The summed E-state index contributed by atoms with van der Waals surface area (Å²) in [6.07, 6.45) is 1.60. The molecule has 174 valence electrons. The number of aromatic nitrogens is 1. The standard InChI is InChI=1S/C28H22BrN3O3/c1-17-7-13-21(14-8-17)32-27(34)24(26(33)30-28(32)35)15-23-18(2)31(25-6-4-3-5-22(23)25)16-19-9-11-20(29)12-10-19/h3-15H,16H2,1-2H3,(H,30,33,35)/b24-15-. The first-order valence-electron chi connectivity index (χ1n) is 11.1. The predicted octanol–water partition coefficient (Wildman–Crippen LogP) is 5.74. The van der Waals surface area contributed by atoms with E-state index in [9.17, 15) is 14.4 Å². The van der Waals surface area contributed by atoms with Crippen LogP contribution in [0.25, 0.3) is 17.0 Å². The van der Waals surface area contributed by atoms with Crippen LogP contribution in [0.2, 0.25) is 0 Å². The Labute approximate surface area is 211 Å². The molecule has 1 saturated heterocycles.